The van der Waals surface area contributed by atoms with Crippen molar-refractivity contribution in [3.8, 4) is 0 Å². The maximum absolute atomic E-state index is 12.9. The van der Waals surface area contributed by atoms with Gasteiger partial charge in [0.1, 0.15) is 5.37 Å². The van der Waals surface area contributed by atoms with Gasteiger partial charge in [-0.25, -0.2) is 0 Å². The van der Waals surface area contributed by atoms with E-state index in [2.05, 4.69) is 68.7 Å². The van der Waals surface area contributed by atoms with E-state index >= 15 is 0 Å². The normalized spacial score (nSPS) is 23.1. The first-order chi connectivity index (χ1) is 14.6. The third-order valence-electron chi connectivity index (χ3n) is 6.27. The summed E-state index contributed by atoms with van der Waals surface area (Å²) in [5.74, 6) is 0.912. The Balaban J connectivity index is 1.57. The fraction of sp³-hybridized carbons (Fsp3) is 0.680. The van der Waals surface area contributed by atoms with Crippen LogP contribution in [0.2, 0.25) is 0 Å². The molecule has 3 rings (SSSR count). The lowest BCUT2D eigenvalue weighted by Crippen LogP contribution is -2.50. The molecule has 172 valence electrons. The zero-order valence-corrected chi connectivity index (χ0v) is 20.9. The van der Waals surface area contributed by atoms with Crippen LogP contribution in [0.15, 0.2) is 24.3 Å². The standard InChI is InChI=1S/C25H39N3O2S/c1-18(2)17-22(29)27-14-11-26(12-15-27)13-16-28-23(30)19(3)31-24(28)20-7-9-21(10-8-20)25(4,5)6/h7-10,18-19,24H,11-17H2,1-6H3/t19-,24-/m0/s1. The van der Waals surface area contributed by atoms with Crippen LogP contribution in [0.1, 0.15) is 64.5 Å². The number of hydrogen-bond acceptors (Lipinski definition) is 4. The maximum Gasteiger partial charge on any atom is 0.236 e. The van der Waals surface area contributed by atoms with Crippen molar-refractivity contribution >= 4 is 23.6 Å². The Morgan fingerprint density at radius 1 is 1.06 bits per heavy atom. The molecule has 5 nitrogen and oxygen atoms in total. The Morgan fingerprint density at radius 2 is 1.68 bits per heavy atom. The fourth-order valence-electron chi connectivity index (χ4n) is 4.26. The van der Waals surface area contributed by atoms with Crippen LogP contribution in [-0.4, -0.2) is 71.0 Å². The summed E-state index contributed by atoms with van der Waals surface area (Å²) in [4.78, 5) is 31.6. The Morgan fingerprint density at radius 3 is 2.23 bits per heavy atom. The van der Waals surface area contributed by atoms with Crippen molar-refractivity contribution in [2.45, 2.75) is 64.0 Å². The molecule has 0 radical (unpaired) electrons. The predicted molar refractivity (Wildman–Crippen MR) is 129 cm³/mol. The highest BCUT2D eigenvalue weighted by atomic mass is 32.2. The Bertz CT molecular complexity index is 764. The number of carbonyl (C=O) groups is 2. The SMILES string of the molecule is CC(C)CC(=O)N1CCN(CCN2C(=O)[C@H](C)S[C@H]2c2ccc(C(C)(C)C)cc2)CC1. The Kier molecular flexibility index (Phi) is 7.74. The molecule has 2 saturated heterocycles. The monoisotopic (exact) mass is 445 g/mol. The van der Waals surface area contributed by atoms with Crippen LogP contribution in [0.3, 0.4) is 0 Å². The van der Waals surface area contributed by atoms with Gasteiger partial charge in [-0.3, -0.25) is 14.5 Å². The molecular weight excluding hydrogens is 406 g/mol. The summed E-state index contributed by atoms with van der Waals surface area (Å²) in [5.41, 5.74) is 2.65. The minimum absolute atomic E-state index is 0.00204. The molecular formula is C25H39N3O2S. The van der Waals surface area contributed by atoms with Crippen LogP contribution < -0.4 is 0 Å². The number of benzene rings is 1. The van der Waals surface area contributed by atoms with Crippen molar-refractivity contribution in [1.29, 1.82) is 0 Å². The minimum atomic E-state index is -0.00204. The molecule has 2 amide bonds. The largest absolute Gasteiger partial charge is 0.340 e. The quantitative estimate of drug-likeness (QED) is 0.660. The van der Waals surface area contributed by atoms with E-state index in [4.69, 9.17) is 0 Å². The highest BCUT2D eigenvalue weighted by molar-refractivity contribution is 8.01. The first-order valence-electron chi connectivity index (χ1n) is 11.6. The number of carbonyl (C=O) groups excluding carboxylic acids is 2. The molecule has 1 aromatic carbocycles. The summed E-state index contributed by atoms with van der Waals surface area (Å²) in [6.07, 6.45) is 0.632. The van der Waals surface area contributed by atoms with Gasteiger partial charge in [-0.15, -0.1) is 11.8 Å². The van der Waals surface area contributed by atoms with E-state index in [1.54, 1.807) is 11.8 Å². The number of amides is 2. The van der Waals surface area contributed by atoms with Crippen molar-refractivity contribution in [1.82, 2.24) is 14.7 Å². The summed E-state index contributed by atoms with van der Waals surface area (Å²) >= 11 is 1.75. The van der Waals surface area contributed by atoms with Crippen molar-refractivity contribution in [2.75, 3.05) is 39.3 Å². The molecule has 2 atom stereocenters. The van der Waals surface area contributed by atoms with E-state index in [-0.39, 0.29) is 27.9 Å². The summed E-state index contributed by atoms with van der Waals surface area (Å²) in [5, 5.41) is 0.0863. The first-order valence-corrected chi connectivity index (χ1v) is 12.6. The fourth-order valence-corrected chi connectivity index (χ4v) is 5.57. The zero-order valence-electron chi connectivity index (χ0n) is 20.1. The van der Waals surface area contributed by atoms with Crippen molar-refractivity contribution < 1.29 is 9.59 Å². The number of piperazine rings is 1. The summed E-state index contributed by atoms with van der Waals surface area (Å²) in [6.45, 7) is 17.8. The topological polar surface area (TPSA) is 43.9 Å². The zero-order chi connectivity index (χ0) is 22.8. The summed E-state index contributed by atoms with van der Waals surface area (Å²) in [6, 6.07) is 8.79. The molecule has 0 aromatic heterocycles. The Labute approximate surface area is 192 Å². The summed E-state index contributed by atoms with van der Waals surface area (Å²) in [7, 11) is 0. The number of hydrogen-bond donors (Lipinski definition) is 0. The second-order valence-corrected chi connectivity index (χ2v) is 11.8. The molecule has 0 aliphatic carbocycles. The van der Waals surface area contributed by atoms with Crippen molar-refractivity contribution in [3.05, 3.63) is 35.4 Å². The molecule has 6 heteroatoms. The van der Waals surface area contributed by atoms with Gasteiger partial charge in [-0.05, 0) is 29.4 Å². The lowest BCUT2D eigenvalue weighted by molar-refractivity contribution is -0.133. The van der Waals surface area contributed by atoms with Crippen LogP contribution >= 0.6 is 11.8 Å². The average Bonchev–Trinajstić information content (AvgIpc) is 3.00. The maximum atomic E-state index is 12.9. The van der Waals surface area contributed by atoms with Crippen molar-refractivity contribution in [3.63, 3.8) is 0 Å². The number of thioether (sulfide) groups is 1. The third-order valence-corrected chi connectivity index (χ3v) is 7.67. The van der Waals surface area contributed by atoms with Crippen molar-refractivity contribution in [2.24, 2.45) is 5.92 Å². The second-order valence-electron chi connectivity index (χ2n) is 10.4. The molecule has 1 aromatic rings. The van der Waals surface area contributed by atoms with Gasteiger partial charge in [0.25, 0.3) is 0 Å². The predicted octanol–water partition coefficient (Wildman–Crippen LogP) is 4.14. The van der Waals surface area contributed by atoms with Gasteiger partial charge >= 0.3 is 0 Å². The highest BCUT2D eigenvalue weighted by Gasteiger charge is 2.38. The summed E-state index contributed by atoms with van der Waals surface area (Å²) < 4.78 is 0. The first kappa shape index (κ1) is 24.1. The lowest BCUT2D eigenvalue weighted by Gasteiger charge is -2.36. The molecule has 0 spiro atoms. The van der Waals surface area contributed by atoms with Crippen LogP contribution in [0.5, 0.6) is 0 Å². The third kappa shape index (κ3) is 6.04. The lowest BCUT2D eigenvalue weighted by atomic mass is 9.86. The second kappa shape index (κ2) is 9.95. The minimum Gasteiger partial charge on any atom is -0.340 e. The van der Waals surface area contributed by atoms with E-state index in [0.29, 0.717) is 12.3 Å². The molecule has 2 aliphatic heterocycles. The van der Waals surface area contributed by atoms with Gasteiger partial charge in [0.15, 0.2) is 0 Å². The van der Waals surface area contributed by atoms with Crippen LogP contribution in [0.4, 0.5) is 0 Å². The van der Waals surface area contributed by atoms with Gasteiger partial charge < -0.3 is 9.80 Å². The van der Waals surface area contributed by atoms with Gasteiger partial charge in [0.2, 0.25) is 11.8 Å². The smallest absolute Gasteiger partial charge is 0.236 e. The van der Waals surface area contributed by atoms with E-state index < -0.39 is 0 Å². The number of nitrogens with zero attached hydrogens (tertiary/aromatic N) is 3. The molecule has 2 heterocycles. The number of rotatable bonds is 6. The average molecular weight is 446 g/mol. The Hall–Kier alpha value is -1.53. The van der Waals surface area contributed by atoms with Crippen LogP contribution in [0, 0.1) is 5.92 Å². The molecule has 0 N–H and O–H groups in total. The van der Waals surface area contributed by atoms with Gasteiger partial charge in [0.05, 0.1) is 5.25 Å². The molecule has 2 aliphatic rings. The molecule has 2 fully saturated rings. The van der Waals surface area contributed by atoms with E-state index in [1.807, 2.05) is 11.8 Å². The van der Waals surface area contributed by atoms with E-state index in [0.717, 1.165) is 39.3 Å². The van der Waals surface area contributed by atoms with Gasteiger partial charge in [-0.2, -0.15) is 0 Å². The van der Waals surface area contributed by atoms with Gasteiger partial charge in [-0.1, -0.05) is 58.9 Å². The molecule has 0 unspecified atom stereocenters. The van der Waals surface area contributed by atoms with Crippen LogP contribution in [0.25, 0.3) is 0 Å². The van der Waals surface area contributed by atoms with Gasteiger partial charge in [0, 0.05) is 45.7 Å². The van der Waals surface area contributed by atoms with E-state index in [1.165, 1.54) is 11.1 Å². The van der Waals surface area contributed by atoms with E-state index in [9.17, 15) is 9.59 Å². The van der Waals surface area contributed by atoms with Crippen LogP contribution in [-0.2, 0) is 15.0 Å². The molecule has 31 heavy (non-hydrogen) atoms. The molecule has 0 bridgehead atoms. The molecule has 0 saturated carbocycles. The highest BCUT2D eigenvalue weighted by Crippen LogP contribution is 2.43.